The highest BCUT2D eigenvalue weighted by Crippen LogP contribution is 2.16. The van der Waals surface area contributed by atoms with Gasteiger partial charge in [0.25, 0.3) is 0 Å². The van der Waals surface area contributed by atoms with Crippen molar-refractivity contribution < 1.29 is 8.42 Å². The molecular weight excluding hydrogens is 236 g/mol. The molecule has 4 nitrogen and oxygen atoms in total. The number of benzene rings is 1. The lowest BCUT2D eigenvalue weighted by atomic mass is 10.1. The van der Waals surface area contributed by atoms with Crippen molar-refractivity contribution in [2.45, 2.75) is 38.1 Å². The highest BCUT2D eigenvalue weighted by Gasteiger charge is 2.15. The quantitative estimate of drug-likeness (QED) is 0.758. The van der Waals surface area contributed by atoms with Crippen LogP contribution in [0.3, 0.4) is 0 Å². The highest BCUT2D eigenvalue weighted by molar-refractivity contribution is 7.89. The lowest BCUT2D eigenvalue weighted by Crippen LogP contribution is -2.25. The van der Waals surface area contributed by atoms with Crippen molar-refractivity contribution in [1.29, 1.82) is 0 Å². The van der Waals surface area contributed by atoms with Crippen LogP contribution in [0.15, 0.2) is 23.1 Å². The zero-order valence-electron chi connectivity index (χ0n) is 10.4. The summed E-state index contributed by atoms with van der Waals surface area (Å²) in [5, 5.41) is 0. The molecule has 1 aromatic carbocycles. The monoisotopic (exact) mass is 256 g/mol. The van der Waals surface area contributed by atoms with E-state index in [0.717, 1.165) is 24.0 Å². The predicted molar refractivity (Wildman–Crippen MR) is 69.2 cm³/mol. The van der Waals surface area contributed by atoms with Gasteiger partial charge in [-0.25, -0.2) is 13.1 Å². The van der Waals surface area contributed by atoms with Gasteiger partial charge in [-0.3, -0.25) is 0 Å². The summed E-state index contributed by atoms with van der Waals surface area (Å²) in [4.78, 5) is 0.339. The Morgan fingerprint density at radius 3 is 2.59 bits per heavy atom. The Morgan fingerprint density at radius 1 is 1.35 bits per heavy atom. The van der Waals surface area contributed by atoms with Crippen molar-refractivity contribution in [2.75, 3.05) is 6.54 Å². The Hall–Kier alpha value is -0.910. The molecule has 0 radical (unpaired) electrons. The first kappa shape index (κ1) is 14.2. The van der Waals surface area contributed by atoms with Crippen LogP contribution >= 0.6 is 0 Å². The van der Waals surface area contributed by atoms with Gasteiger partial charge in [-0.15, -0.1) is 0 Å². The van der Waals surface area contributed by atoms with Gasteiger partial charge in [-0.2, -0.15) is 0 Å². The minimum Gasteiger partial charge on any atom is -0.326 e. The van der Waals surface area contributed by atoms with Crippen molar-refractivity contribution >= 4 is 10.0 Å². The lowest BCUT2D eigenvalue weighted by molar-refractivity contribution is 0.577. The SMILES string of the molecule is CCCCNS(=O)(=O)c1ccc(CN)cc1C. The van der Waals surface area contributed by atoms with E-state index >= 15 is 0 Å². The standard InChI is InChI=1S/C12H20N2O2S/c1-3-4-7-14-17(15,16)12-6-5-11(9-13)8-10(12)2/h5-6,8,14H,3-4,7,9,13H2,1-2H3. The summed E-state index contributed by atoms with van der Waals surface area (Å²) in [5.74, 6) is 0. The van der Waals surface area contributed by atoms with Gasteiger partial charge in [0.1, 0.15) is 0 Å². The van der Waals surface area contributed by atoms with E-state index in [4.69, 9.17) is 5.73 Å². The van der Waals surface area contributed by atoms with Crippen LogP contribution < -0.4 is 10.5 Å². The number of sulfonamides is 1. The third-order valence-corrected chi connectivity index (χ3v) is 4.21. The van der Waals surface area contributed by atoms with E-state index < -0.39 is 10.0 Å². The maximum absolute atomic E-state index is 12.0. The average molecular weight is 256 g/mol. The Morgan fingerprint density at radius 2 is 2.06 bits per heavy atom. The Labute approximate surface area is 103 Å². The molecule has 0 heterocycles. The summed E-state index contributed by atoms with van der Waals surface area (Å²) in [6, 6.07) is 5.18. The summed E-state index contributed by atoms with van der Waals surface area (Å²) in [5.41, 5.74) is 7.18. The molecule has 0 fully saturated rings. The first-order valence-corrected chi connectivity index (χ1v) is 7.29. The molecule has 0 saturated carbocycles. The van der Waals surface area contributed by atoms with Crippen molar-refractivity contribution in [2.24, 2.45) is 5.73 Å². The van der Waals surface area contributed by atoms with Crippen LogP contribution in [0.1, 0.15) is 30.9 Å². The van der Waals surface area contributed by atoms with E-state index in [2.05, 4.69) is 4.72 Å². The Bertz CT molecular complexity index is 469. The molecule has 5 heteroatoms. The Balaban J connectivity index is 2.91. The number of aryl methyl sites for hydroxylation is 1. The largest absolute Gasteiger partial charge is 0.326 e. The fourth-order valence-corrected chi connectivity index (χ4v) is 2.90. The van der Waals surface area contributed by atoms with Crippen LogP contribution in [0.2, 0.25) is 0 Å². The van der Waals surface area contributed by atoms with Crippen molar-refractivity contribution in [3.63, 3.8) is 0 Å². The second kappa shape index (κ2) is 6.14. The van der Waals surface area contributed by atoms with E-state index in [-0.39, 0.29) is 0 Å². The van der Waals surface area contributed by atoms with E-state index in [1.54, 1.807) is 19.1 Å². The van der Waals surface area contributed by atoms with Gasteiger partial charge < -0.3 is 5.73 Å². The Kier molecular flexibility index (Phi) is 5.11. The molecule has 1 rings (SSSR count). The highest BCUT2D eigenvalue weighted by atomic mass is 32.2. The fourth-order valence-electron chi connectivity index (χ4n) is 1.60. The second-order valence-corrected chi connectivity index (χ2v) is 5.79. The van der Waals surface area contributed by atoms with Crippen LogP contribution in [0.5, 0.6) is 0 Å². The van der Waals surface area contributed by atoms with Crippen molar-refractivity contribution in [3.8, 4) is 0 Å². The molecule has 96 valence electrons. The van der Waals surface area contributed by atoms with Gasteiger partial charge >= 0.3 is 0 Å². The smallest absolute Gasteiger partial charge is 0.240 e. The molecule has 0 unspecified atom stereocenters. The molecular formula is C12H20N2O2S. The molecule has 0 spiro atoms. The number of nitrogens with one attached hydrogen (secondary N) is 1. The van der Waals surface area contributed by atoms with Gasteiger partial charge in [0.15, 0.2) is 0 Å². The van der Waals surface area contributed by atoms with Gasteiger partial charge in [-0.1, -0.05) is 25.5 Å². The molecule has 3 N–H and O–H groups in total. The first-order valence-electron chi connectivity index (χ1n) is 5.80. The summed E-state index contributed by atoms with van der Waals surface area (Å²) < 4.78 is 26.6. The van der Waals surface area contributed by atoms with E-state index in [0.29, 0.717) is 18.0 Å². The summed E-state index contributed by atoms with van der Waals surface area (Å²) in [7, 11) is -3.38. The molecule has 0 saturated heterocycles. The zero-order valence-corrected chi connectivity index (χ0v) is 11.2. The normalized spacial score (nSPS) is 11.7. The van der Waals surface area contributed by atoms with Crippen LogP contribution in [0.25, 0.3) is 0 Å². The minimum absolute atomic E-state index is 0.339. The number of rotatable bonds is 6. The third kappa shape index (κ3) is 3.80. The minimum atomic E-state index is -3.38. The van der Waals surface area contributed by atoms with E-state index in [9.17, 15) is 8.42 Å². The number of nitrogens with two attached hydrogens (primary N) is 1. The summed E-state index contributed by atoms with van der Waals surface area (Å²) in [6.07, 6.45) is 1.81. The summed E-state index contributed by atoms with van der Waals surface area (Å²) in [6.45, 7) is 4.71. The van der Waals surface area contributed by atoms with Gasteiger partial charge in [0.05, 0.1) is 4.90 Å². The van der Waals surface area contributed by atoms with Gasteiger partial charge in [-0.05, 0) is 30.5 Å². The molecule has 17 heavy (non-hydrogen) atoms. The first-order chi connectivity index (χ1) is 8.01. The molecule has 0 aliphatic rings. The zero-order chi connectivity index (χ0) is 12.9. The number of unbranched alkanes of at least 4 members (excludes halogenated alkanes) is 1. The van der Waals surface area contributed by atoms with Crippen LogP contribution in [0, 0.1) is 6.92 Å². The maximum Gasteiger partial charge on any atom is 0.240 e. The maximum atomic E-state index is 12.0. The summed E-state index contributed by atoms with van der Waals surface area (Å²) >= 11 is 0. The van der Waals surface area contributed by atoms with E-state index in [1.807, 2.05) is 13.0 Å². The van der Waals surface area contributed by atoms with Gasteiger partial charge in [0, 0.05) is 13.1 Å². The van der Waals surface area contributed by atoms with Crippen LogP contribution in [-0.4, -0.2) is 15.0 Å². The number of hydrogen-bond donors (Lipinski definition) is 2. The number of hydrogen-bond acceptors (Lipinski definition) is 3. The molecule has 0 aliphatic heterocycles. The lowest BCUT2D eigenvalue weighted by Gasteiger charge is -2.10. The molecule has 0 bridgehead atoms. The molecule has 0 atom stereocenters. The van der Waals surface area contributed by atoms with Crippen molar-refractivity contribution in [3.05, 3.63) is 29.3 Å². The fraction of sp³-hybridized carbons (Fsp3) is 0.500. The van der Waals surface area contributed by atoms with Crippen LogP contribution in [-0.2, 0) is 16.6 Å². The average Bonchev–Trinajstić information content (AvgIpc) is 2.28. The third-order valence-electron chi connectivity index (χ3n) is 2.59. The predicted octanol–water partition coefficient (Wildman–Crippen LogP) is 1.53. The van der Waals surface area contributed by atoms with E-state index in [1.165, 1.54) is 0 Å². The molecule has 0 aliphatic carbocycles. The molecule has 0 amide bonds. The van der Waals surface area contributed by atoms with Crippen LogP contribution in [0.4, 0.5) is 0 Å². The topological polar surface area (TPSA) is 72.2 Å². The van der Waals surface area contributed by atoms with Crippen molar-refractivity contribution in [1.82, 2.24) is 4.72 Å². The molecule has 0 aromatic heterocycles. The van der Waals surface area contributed by atoms with Gasteiger partial charge in [0.2, 0.25) is 10.0 Å². The molecule has 1 aromatic rings. The second-order valence-electron chi connectivity index (χ2n) is 4.06.